The Morgan fingerprint density at radius 2 is 2.10 bits per heavy atom. The second kappa shape index (κ2) is 9.24. The molecular weight excluding hydrogens is 284 g/mol. The summed E-state index contributed by atoms with van der Waals surface area (Å²) in [4.78, 5) is 1.61. The summed E-state index contributed by atoms with van der Waals surface area (Å²) in [5.41, 5.74) is 7.93. The molecule has 1 rings (SSSR count). The average Bonchev–Trinajstić information content (AvgIpc) is 2.43. The molecular formula is C16H26N2S2. The minimum Gasteiger partial charge on any atom is -0.389 e. The number of nitrogens with two attached hydrogens (primary N) is 1. The van der Waals surface area contributed by atoms with E-state index in [0.29, 0.717) is 11.0 Å². The van der Waals surface area contributed by atoms with Crippen molar-refractivity contribution in [1.82, 2.24) is 0 Å². The number of thiocarbonyl (C=S) groups is 1. The van der Waals surface area contributed by atoms with Gasteiger partial charge in [-0.2, -0.15) is 0 Å². The highest BCUT2D eigenvalue weighted by atomic mass is 32.2. The summed E-state index contributed by atoms with van der Waals surface area (Å²) in [5.74, 6) is 0. The van der Waals surface area contributed by atoms with Gasteiger partial charge in [0, 0.05) is 22.2 Å². The van der Waals surface area contributed by atoms with Crippen LogP contribution in [-0.2, 0) is 0 Å². The summed E-state index contributed by atoms with van der Waals surface area (Å²) in [6, 6.07) is 6.63. The van der Waals surface area contributed by atoms with Gasteiger partial charge >= 0.3 is 0 Å². The van der Waals surface area contributed by atoms with Gasteiger partial charge in [-0.15, -0.1) is 11.8 Å². The maximum absolute atomic E-state index is 5.88. The Morgan fingerprint density at radius 3 is 2.70 bits per heavy atom. The zero-order valence-electron chi connectivity index (χ0n) is 12.7. The van der Waals surface area contributed by atoms with E-state index in [-0.39, 0.29) is 0 Å². The number of unbranched alkanes of at least 4 members (excludes halogenated alkanes) is 3. The quantitative estimate of drug-likeness (QED) is 0.390. The molecule has 0 heterocycles. The van der Waals surface area contributed by atoms with Gasteiger partial charge in [-0.05, 0) is 31.7 Å². The van der Waals surface area contributed by atoms with Gasteiger partial charge in [-0.1, -0.05) is 50.9 Å². The van der Waals surface area contributed by atoms with Gasteiger partial charge < -0.3 is 11.1 Å². The molecule has 0 saturated carbocycles. The molecule has 1 aromatic carbocycles. The molecule has 3 N–H and O–H groups in total. The summed E-state index contributed by atoms with van der Waals surface area (Å²) < 4.78 is 0. The maximum atomic E-state index is 5.88. The van der Waals surface area contributed by atoms with E-state index in [9.17, 15) is 0 Å². The van der Waals surface area contributed by atoms with E-state index in [1.165, 1.54) is 32.1 Å². The average molecular weight is 311 g/mol. The van der Waals surface area contributed by atoms with Crippen LogP contribution in [0.15, 0.2) is 23.1 Å². The molecule has 0 aromatic heterocycles. The van der Waals surface area contributed by atoms with E-state index >= 15 is 0 Å². The van der Waals surface area contributed by atoms with Crippen molar-refractivity contribution in [2.45, 2.75) is 56.9 Å². The predicted molar refractivity (Wildman–Crippen MR) is 96.0 cm³/mol. The minimum absolute atomic E-state index is 0.442. The zero-order chi connectivity index (χ0) is 15.0. The van der Waals surface area contributed by atoms with E-state index in [1.807, 2.05) is 0 Å². The molecule has 0 aliphatic rings. The first-order valence-corrected chi connectivity index (χ1v) is 8.96. The molecule has 0 spiro atoms. The summed E-state index contributed by atoms with van der Waals surface area (Å²) in [5, 5.41) is 3.56. The topological polar surface area (TPSA) is 38.0 Å². The lowest BCUT2D eigenvalue weighted by Gasteiger charge is -2.19. The Hall–Kier alpha value is -0.740. The first-order valence-electron chi connectivity index (χ1n) is 7.33. The zero-order valence-corrected chi connectivity index (χ0v) is 14.4. The molecule has 20 heavy (non-hydrogen) atoms. The number of rotatable bonds is 9. The molecule has 0 saturated heterocycles. The molecule has 0 aliphatic carbocycles. The Labute approximate surface area is 132 Å². The molecule has 4 heteroatoms. The van der Waals surface area contributed by atoms with Crippen LogP contribution in [0, 0.1) is 0 Å². The van der Waals surface area contributed by atoms with Crippen molar-refractivity contribution in [3.8, 4) is 0 Å². The van der Waals surface area contributed by atoms with Gasteiger partial charge in [-0.3, -0.25) is 0 Å². The number of thioether (sulfide) groups is 1. The van der Waals surface area contributed by atoms with Gasteiger partial charge in [0.05, 0.1) is 0 Å². The Morgan fingerprint density at radius 1 is 1.35 bits per heavy atom. The highest BCUT2D eigenvalue weighted by molar-refractivity contribution is 7.98. The third-order valence-corrected chi connectivity index (χ3v) is 4.37. The van der Waals surface area contributed by atoms with Gasteiger partial charge in [0.15, 0.2) is 0 Å². The standard InChI is InChI=1S/C16H26N2S2/c1-4-5-6-7-9-12(2)18-13-10-8-11-14(20-3)15(13)16(17)19/h8,10-12,18H,4-7,9H2,1-3H3,(H2,17,19). The fraction of sp³-hybridized carbons (Fsp3) is 0.562. The number of nitrogens with one attached hydrogen (secondary N) is 1. The lowest BCUT2D eigenvalue weighted by molar-refractivity contribution is 0.594. The monoisotopic (exact) mass is 310 g/mol. The van der Waals surface area contributed by atoms with Crippen LogP contribution in [-0.4, -0.2) is 17.3 Å². The van der Waals surface area contributed by atoms with E-state index < -0.39 is 0 Å². The number of hydrogen-bond acceptors (Lipinski definition) is 3. The van der Waals surface area contributed by atoms with E-state index in [1.54, 1.807) is 11.8 Å². The SMILES string of the molecule is CCCCCCC(C)Nc1cccc(SC)c1C(N)=S. The van der Waals surface area contributed by atoms with Crippen LogP contribution in [0.4, 0.5) is 5.69 Å². The molecule has 1 aromatic rings. The van der Waals surface area contributed by atoms with Crippen molar-refractivity contribution in [1.29, 1.82) is 0 Å². The summed E-state index contributed by atoms with van der Waals surface area (Å²) >= 11 is 6.88. The van der Waals surface area contributed by atoms with Crippen LogP contribution in [0.5, 0.6) is 0 Å². The van der Waals surface area contributed by atoms with Gasteiger partial charge in [0.25, 0.3) is 0 Å². The molecule has 0 amide bonds. The molecule has 1 unspecified atom stereocenters. The molecule has 112 valence electrons. The maximum Gasteiger partial charge on any atom is 0.107 e. The molecule has 2 nitrogen and oxygen atoms in total. The van der Waals surface area contributed by atoms with Crippen LogP contribution in [0.2, 0.25) is 0 Å². The second-order valence-corrected chi connectivity index (χ2v) is 6.43. The van der Waals surface area contributed by atoms with E-state index in [4.69, 9.17) is 18.0 Å². The largest absolute Gasteiger partial charge is 0.389 e. The molecule has 0 radical (unpaired) electrons. The number of anilines is 1. The Kier molecular flexibility index (Phi) is 8.00. The molecule has 0 bridgehead atoms. The van der Waals surface area contributed by atoms with E-state index in [2.05, 4.69) is 43.6 Å². The number of benzene rings is 1. The van der Waals surface area contributed by atoms with Crippen molar-refractivity contribution < 1.29 is 0 Å². The van der Waals surface area contributed by atoms with Crippen molar-refractivity contribution in [3.63, 3.8) is 0 Å². The van der Waals surface area contributed by atoms with Crippen LogP contribution in [0.25, 0.3) is 0 Å². The van der Waals surface area contributed by atoms with E-state index in [0.717, 1.165) is 16.1 Å². The minimum atomic E-state index is 0.442. The molecule has 0 aliphatic heterocycles. The van der Waals surface area contributed by atoms with Crippen LogP contribution in [0.3, 0.4) is 0 Å². The van der Waals surface area contributed by atoms with Crippen molar-refractivity contribution in [2.75, 3.05) is 11.6 Å². The van der Waals surface area contributed by atoms with Crippen molar-refractivity contribution in [3.05, 3.63) is 23.8 Å². The van der Waals surface area contributed by atoms with Crippen molar-refractivity contribution >= 4 is 34.7 Å². The van der Waals surface area contributed by atoms with Gasteiger partial charge in [0.1, 0.15) is 4.99 Å². The first-order chi connectivity index (χ1) is 9.60. The Bertz CT molecular complexity index is 432. The van der Waals surface area contributed by atoms with Crippen LogP contribution >= 0.6 is 24.0 Å². The lowest BCUT2D eigenvalue weighted by Crippen LogP contribution is -2.20. The highest BCUT2D eigenvalue weighted by Gasteiger charge is 2.12. The third kappa shape index (κ3) is 5.33. The molecule has 1 atom stereocenters. The smallest absolute Gasteiger partial charge is 0.107 e. The molecule has 0 fully saturated rings. The van der Waals surface area contributed by atoms with Gasteiger partial charge in [0.2, 0.25) is 0 Å². The number of hydrogen-bond donors (Lipinski definition) is 2. The fourth-order valence-corrected chi connectivity index (χ4v) is 3.21. The van der Waals surface area contributed by atoms with Crippen molar-refractivity contribution in [2.24, 2.45) is 5.73 Å². The van der Waals surface area contributed by atoms with Gasteiger partial charge in [-0.25, -0.2) is 0 Å². The van der Waals surface area contributed by atoms with Crippen LogP contribution in [0.1, 0.15) is 51.5 Å². The third-order valence-electron chi connectivity index (χ3n) is 3.39. The highest BCUT2D eigenvalue weighted by Crippen LogP contribution is 2.28. The summed E-state index contributed by atoms with van der Waals surface area (Å²) in [7, 11) is 0. The summed E-state index contributed by atoms with van der Waals surface area (Å²) in [6.45, 7) is 4.46. The first kappa shape index (κ1) is 17.3. The van der Waals surface area contributed by atoms with Crippen LogP contribution < -0.4 is 11.1 Å². The second-order valence-electron chi connectivity index (χ2n) is 5.14. The Balaban J connectivity index is 2.69. The summed E-state index contributed by atoms with van der Waals surface area (Å²) in [6.07, 6.45) is 8.42. The lowest BCUT2D eigenvalue weighted by atomic mass is 10.1. The predicted octanol–water partition coefficient (Wildman–Crippen LogP) is 4.81. The normalized spacial score (nSPS) is 12.2. The fourth-order valence-electron chi connectivity index (χ4n) is 2.29.